The van der Waals surface area contributed by atoms with Gasteiger partial charge in [-0.05, 0) is 32.0 Å². The number of carbonyl (C=O) groups is 2. The first-order chi connectivity index (χ1) is 14.9. The normalized spacial score (nSPS) is 19.2. The number of methoxy groups -OCH3 is 1. The minimum absolute atomic E-state index is 0.0199. The highest BCUT2D eigenvalue weighted by molar-refractivity contribution is 6.31. The SMILES string of the molecule is COc1ccc(Cl)cc1N1CC(C(=O)N2CCN(c3cc(C)nc(C)n3)CC2)CC1=O. The van der Waals surface area contributed by atoms with Gasteiger partial charge in [-0.2, -0.15) is 0 Å². The number of aryl methyl sites for hydroxylation is 2. The van der Waals surface area contributed by atoms with Crippen molar-refractivity contribution in [1.29, 1.82) is 0 Å². The molecule has 0 aliphatic carbocycles. The van der Waals surface area contributed by atoms with Gasteiger partial charge in [-0.15, -0.1) is 0 Å². The van der Waals surface area contributed by atoms with Gasteiger partial charge in [-0.1, -0.05) is 11.6 Å². The van der Waals surface area contributed by atoms with Crippen LogP contribution in [0.25, 0.3) is 0 Å². The summed E-state index contributed by atoms with van der Waals surface area (Å²) in [6, 6.07) is 7.12. The van der Waals surface area contributed by atoms with E-state index >= 15 is 0 Å². The molecule has 0 saturated carbocycles. The number of rotatable bonds is 4. The predicted molar refractivity (Wildman–Crippen MR) is 119 cm³/mol. The summed E-state index contributed by atoms with van der Waals surface area (Å²) in [6.07, 6.45) is 0.193. The van der Waals surface area contributed by atoms with Crippen LogP contribution in [0.1, 0.15) is 17.9 Å². The van der Waals surface area contributed by atoms with E-state index in [4.69, 9.17) is 16.3 Å². The van der Waals surface area contributed by atoms with Gasteiger partial charge in [0, 0.05) is 55.9 Å². The van der Waals surface area contributed by atoms with Crippen LogP contribution < -0.4 is 14.5 Å². The van der Waals surface area contributed by atoms with Gasteiger partial charge in [-0.3, -0.25) is 9.59 Å². The van der Waals surface area contributed by atoms with E-state index in [9.17, 15) is 9.59 Å². The van der Waals surface area contributed by atoms with Crippen molar-refractivity contribution in [3.63, 3.8) is 0 Å². The molecule has 2 amide bonds. The van der Waals surface area contributed by atoms with Crippen molar-refractivity contribution in [3.05, 3.63) is 40.8 Å². The van der Waals surface area contributed by atoms with E-state index in [0.29, 0.717) is 49.2 Å². The third-order valence-electron chi connectivity index (χ3n) is 5.77. The molecule has 2 aliphatic rings. The molecule has 0 bridgehead atoms. The molecule has 0 spiro atoms. The minimum Gasteiger partial charge on any atom is -0.495 e. The molecule has 1 aromatic heterocycles. The number of carbonyl (C=O) groups excluding carboxylic acids is 2. The largest absolute Gasteiger partial charge is 0.495 e. The van der Waals surface area contributed by atoms with Crippen molar-refractivity contribution in [3.8, 4) is 5.75 Å². The third-order valence-corrected chi connectivity index (χ3v) is 6.01. The molecule has 0 radical (unpaired) electrons. The van der Waals surface area contributed by atoms with Crippen LogP contribution in [0, 0.1) is 19.8 Å². The highest BCUT2D eigenvalue weighted by Gasteiger charge is 2.39. The van der Waals surface area contributed by atoms with Gasteiger partial charge in [0.15, 0.2) is 0 Å². The summed E-state index contributed by atoms with van der Waals surface area (Å²) in [5, 5.41) is 0.518. The summed E-state index contributed by atoms with van der Waals surface area (Å²) < 4.78 is 5.38. The van der Waals surface area contributed by atoms with Crippen LogP contribution in [0.5, 0.6) is 5.75 Å². The summed E-state index contributed by atoms with van der Waals surface area (Å²) in [4.78, 5) is 40.3. The predicted octanol–water partition coefficient (Wildman–Crippen LogP) is 2.46. The summed E-state index contributed by atoms with van der Waals surface area (Å²) >= 11 is 6.12. The Balaban J connectivity index is 1.41. The van der Waals surface area contributed by atoms with E-state index < -0.39 is 0 Å². The molecule has 2 fully saturated rings. The Kier molecular flexibility index (Phi) is 6.00. The zero-order valence-electron chi connectivity index (χ0n) is 18.0. The van der Waals surface area contributed by atoms with Gasteiger partial charge < -0.3 is 19.4 Å². The molecular weight excluding hydrogens is 418 g/mol. The number of piperazine rings is 1. The van der Waals surface area contributed by atoms with E-state index in [-0.39, 0.29) is 24.2 Å². The van der Waals surface area contributed by atoms with E-state index in [0.717, 1.165) is 17.3 Å². The Labute approximate surface area is 186 Å². The Morgan fingerprint density at radius 3 is 2.55 bits per heavy atom. The molecule has 1 unspecified atom stereocenters. The zero-order valence-corrected chi connectivity index (χ0v) is 18.7. The van der Waals surface area contributed by atoms with Gasteiger partial charge in [0.25, 0.3) is 0 Å². The summed E-state index contributed by atoms with van der Waals surface area (Å²) in [6.45, 7) is 6.78. The van der Waals surface area contributed by atoms with Crippen molar-refractivity contribution < 1.29 is 14.3 Å². The molecule has 164 valence electrons. The van der Waals surface area contributed by atoms with Gasteiger partial charge >= 0.3 is 0 Å². The van der Waals surface area contributed by atoms with Crippen molar-refractivity contribution in [2.24, 2.45) is 5.92 Å². The van der Waals surface area contributed by atoms with Crippen molar-refractivity contribution in [2.75, 3.05) is 49.6 Å². The summed E-state index contributed by atoms with van der Waals surface area (Å²) in [5.41, 5.74) is 1.54. The fourth-order valence-electron chi connectivity index (χ4n) is 4.25. The van der Waals surface area contributed by atoms with Crippen LogP contribution in [0.4, 0.5) is 11.5 Å². The fourth-order valence-corrected chi connectivity index (χ4v) is 4.42. The number of hydrogen-bond donors (Lipinski definition) is 0. The second kappa shape index (κ2) is 8.70. The second-order valence-corrected chi connectivity index (χ2v) is 8.39. The molecule has 1 atom stereocenters. The van der Waals surface area contributed by atoms with E-state index in [1.54, 1.807) is 30.2 Å². The Morgan fingerprint density at radius 2 is 1.87 bits per heavy atom. The highest BCUT2D eigenvalue weighted by atomic mass is 35.5. The molecule has 2 saturated heterocycles. The number of benzene rings is 1. The monoisotopic (exact) mass is 443 g/mol. The summed E-state index contributed by atoms with van der Waals surface area (Å²) in [5.74, 6) is 1.76. The lowest BCUT2D eigenvalue weighted by Gasteiger charge is -2.36. The smallest absolute Gasteiger partial charge is 0.228 e. The molecule has 1 aromatic carbocycles. The Bertz CT molecular complexity index is 986. The molecule has 9 heteroatoms. The maximum atomic E-state index is 13.1. The molecule has 3 heterocycles. The van der Waals surface area contributed by atoms with Gasteiger partial charge in [0.05, 0.1) is 18.7 Å². The van der Waals surface area contributed by atoms with Crippen LogP contribution in [-0.2, 0) is 9.59 Å². The van der Waals surface area contributed by atoms with Gasteiger partial charge in [-0.25, -0.2) is 9.97 Å². The Hall–Kier alpha value is -2.87. The zero-order chi connectivity index (χ0) is 22.1. The first kappa shape index (κ1) is 21.4. The minimum atomic E-state index is -0.369. The molecule has 2 aromatic rings. The van der Waals surface area contributed by atoms with Gasteiger partial charge in [0.1, 0.15) is 17.4 Å². The first-order valence-corrected chi connectivity index (χ1v) is 10.7. The van der Waals surface area contributed by atoms with Gasteiger partial charge in [0.2, 0.25) is 11.8 Å². The standard InChI is InChI=1S/C22H26ClN5O3/c1-14-10-20(25-15(2)24-14)26-6-8-27(9-7-26)22(30)16-11-21(29)28(13-16)18-12-17(23)4-5-19(18)31-3/h4-5,10,12,16H,6-9,11,13H2,1-3H3. The number of nitrogens with zero attached hydrogens (tertiary/aromatic N) is 5. The summed E-state index contributed by atoms with van der Waals surface area (Å²) in [7, 11) is 1.55. The number of anilines is 2. The quantitative estimate of drug-likeness (QED) is 0.722. The maximum absolute atomic E-state index is 13.1. The first-order valence-electron chi connectivity index (χ1n) is 10.4. The average molecular weight is 444 g/mol. The van der Waals surface area contributed by atoms with Crippen LogP contribution in [0.15, 0.2) is 24.3 Å². The topological polar surface area (TPSA) is 78.9 Å². The van der Waals surface area contributed by atoms with Crippen LogP contribution in [-0.4, -0.2) is 66.5 Å². The van der Waals surface area contributed by atoms with E-state index in [1.165, 1.54) is 0 Å². The van der Waals surface area contributed by atoms with Crippen LogP contribution >= 0.6 is 11.6 Å². The molecule has 0 N–H and O–H groups in total. The van der Waals surface area contributed by atoms with Crippen LogP contribution in [0.3, 0.4) is 0 Å². The van der Waals surface area contributed by atoms with Crippen molar-refractivity contribution >= 4 is 34.9 Å². The third kappa shape index (κ3) is 4.44. The number of hydrogen-bond acceptors (Lipinski definition) is 6. The lowest BCUT2D eigenvalue weighted by molar-refractivity contribution is -0.136. The van der Waals surface area contributed by atoms with E-state index in [2.05, 4.69) is 14.9 Å². The molecule has 8 nitrogen and oxygen atoms in total. The number of ether oxygens (including phenoxy) is 1. The lowest BCUT2D eigenvalue weighted by atomic mass is 10.1. The lowest BCUT2D eigenvalue weighted by Crippen LogP contribution is -2.51. The number of amides is 2. The number of halogens is 1. The number of aromatic nitrogens is 2. The van der Waals surface area contributed by atoms with Crippen molar-refractivity contribution in [1.82, 2.24) is 14.9 Å². The second-order valence-electron chi connectivity index (χ2n) is 7.95. The molecule has 31 heavy (non-hydrogen) atoms. The van der Waals surface area contributed by atoms with Crippen molar-refractivity contribution in [2.45, 2.75) is 20.3 Å². The molecule has 4 rings (SSSR count). The fraction of sp³-hybridized carbons (Fsp3) is 0.455. The molecule has 2 aliphatic heterocycles. The average Bonchev–Trinajstić information content (AvgIpc) is 3.14. The highest BCUT2D eigenvalue weighted by Crippen LogP contribution is 2.35. The maximum Gasteiger partial charge on any atom is 0.228 e. The van der Waals surface area contributed by atoms with Crippen LogP contribution in [0.2, 0.25) is 5.02 Å². The van der Waals surface area contributed by atoms with E-state index in [1.807, 2.05) is 24.8 Å². The Morgan fingerprint density at radius 1 is 1.13 bits per heavy atom. The molecular formula is C22H26ClN5O3.